The smallest absolute Gasteiger partial charge is 0.258 e. The number of nitrogens with one attached hydrogen (secondary N) is 1. The second-order valence-electron chi connectivity index (χ2n) is 4.75. The Bertz CT molecular complexity index is 681. The molecule has 1 aliphatic rings. The van der Waals surface area contributed by atoms with Crippen molar-refractivity contribution in [3.8, 4) is 5.75 Å². The van der Waals surface area contributed by atoms with E-state index in [1.54, 1.807) is 0 Å². The highest BCUT2D eigenvalue weighted by Gasteiger charge is 2.29. The lowest BCUT2D eigenvalue weighted by Gasteiger charge is -2.12. The molecule has 0 bridgehead atoms. The number of halogens is 4. The summed E-state index contributed by atoms with van der Waals surface area (Å²) in [5.74, 6) is -9.33. The second kappa shape index (κ2) is 6.11. The summed E-state index contributed by atoms with van der Waals surface area (Å²) in [6.45, 7) is -0.909. The molecule has 1 aliphatic heterocycles. The van der Waals surface area contributed by atoms with Crippen LogP contribution in [-0.4, -0.2) is 38.5 Å². The molecule has 0 saturated carbocycles. The number of rotatable bonds is 4. The summed E-state index contributed by atoms with van der Waals surface area (Å²) < 4.78 is 79.3. The average molecular weight is 341 g/mol. The molecule has 10 heteroatoms. The Morgan fingerprint density at radius 3 is 2.32 bits per heavy atom. The predicted molar refractivity (Wildman–Crippen MR) is 67.0 cm³/mol. The van der Waals surface area contributed by atoms with E-state index >= 15 is 0 Å². The third kappa shape index (κ3) is 3.67. The molecule has 1 aromatic carbocycles. The minimum absolute atomic E-state index is 0.0149. The second-order valence-corrected chi connectivity index (χ2v) is 6.98. The number of benzene rings is 1. The first-order valence-corrected chi connectivity index (χ1v) is 7.97. The molecule has 1 fully saturated rings. The molecule has 1 atom stereocenters. The summed E-state index contributed by atoms with van der Waals surface area (Å²) in [5, 5.41) is 2.30. The predicted octanol–water partition coefficient (Wildman–Crippen LogP) is 0.925. The monoisotopic (exact) mass is 341 g/mol. The number of hydrogen-bond donors (Lipinski definition) is 1. The van der Waals surface area contributed by atoms with Crippen molar-refractivity contribution in [3.05, 3.63) is 29.3 Å². The van der Waals surface area contributed by atoms with Crippen LogP contribution in [-0.2, 0) is 14.6 Å². The van der Waals surface area contributed by atoms with Gasteiger partial charge in [0.1, 0.15) is 0 Å². The van der Waals surface area contributed by atoms with Crippen molar-refractivity contribution in [3.63, 3.8) is 0 Å². The first kappa shape index (κ1) is 16.5. The zero-order valence-electron chi connectivity index (χ0n) is 11.0. The topological polar surface area (TPSA) is 72.5 Å². The molecule has 1 N–H and O–H groups in total. The van der Waals surface area contributed by atoms with Gasteiger partial charge >= 0.3 is 0 Å². The molecule has 2 rings (SSSR count). The Hall–Kier alpha value is -1.84. The van der Waals surface area contributed by atoms with E-state index in [-0.39, 0.29) is 24.0 Å². The third-order valence-corrected chi connectivity index (χ3v) is 4.78. The van der Waals surface area contributed by atoms with Crippen LogP contribution in [0, 0.1) is 23.3 Å². The number of ether oxygens (including phenoxy) is 1. The molecular formula is C12H11F4NO4S. The summed E-state index contributed by atoms with van der Waals surface area (Å²) in [6.07, 6.45) is 0.214. The number of carbonyl (C=O) groups is 1. The van der Waals surface area contributed by atoms with Gasteiger partial charge in [-0.15, -0.1) is 0 Å². The first-order valence-electron chi connectivity index (χ1n) is 6.15. The molecule has 0 unspecified atom stereocenters. The van der Waals surface area contributed by atoms with Crippen molar-refractivity contribution >= 4 is 15.7 Å². The largest absolute Gasteiger partial charge is 0.477 e. The van der Waals surface area contributed by atoms with Gasteiger partial charge in [-0.25, -0.2) is 17.2 Å². The lowest BCUT2D eigenvalue weighted by Crippen LogP contribution is -2.38. The molecule has 5 nitrogen and oxygen atoms in total. The van der Waals surface area contributed by atoms with Gasteiger partial charge in [0.05, 0.1) is 11.5 Å². The molecule has 1 heterocycles. The molecule has 0 spiro atoms. The Kier molecular flexibility index (Phi) is 4.59. The van der Waals surface area contributed by atoms with Gasteiger partial charge < -0.3 is 10.1 Å². The third-order valence-electron chi connectivity index (χ3n) is 3.02. The van der Waals surface area contributed by atoms with Gasteiger partial charge in [0.25, 0.3) is 5.91 Å². The zero-order valence-corrected chi connectivity index (χ0v) is 11.9. The normalized spacial score (nSPS) is 19.9. The molecular weight excluding hydrogens is 330 g/mol. The first-order chi connectivity index (χ1) is 10.2. The van der Waals surface area contributed by atoms with Crippen LogP contribution in [0.4, 0.5) is 17.6 Å². The van der Waals surface area contributed by atoms with Crippen molar-refractivity contribution in [2.24, 2.45) is 0 Å². The average Bonchev–Trinajstić information content (AvgIpc) is 2.75. The van der Waals surface area contributed by atoms with E-state index in [4.69, 9.17) is 0 Å². The van der Waals surface area contributed by atoms with Crippen LogP contribution >= 0.6 is 0 Å². The van der Waals surface area contributed by atoms with Gasteiger partial charge in [-0.05, 0) is 6.42 Å². The molecule has 22 heavy (non-hydrogen) atoms. The van der Waals surface area contributed by atoms with Crippen LogP contribution in [0.3, 0.4) is 0 Å². The fourth-order valence-electron chi connectivity index (χ4n) is 1.99. The Morgan fingerprint density at radius 2 is 1.82 bits per heavy atom. The van der Waals surface area contributed by atoms with Crippen LogP contribution in [0.25, 0.3) is 0 Å². The van der Waals surface area contributed by atoms with Crippen molar-refractivity contribution < 1.29 is 35.5 Å². The highest BCUT2D eigenvalue weighted by atomic mass is 32.2. The van der Waals surface area contributed by atoms with Gasteiger partial charge in [-0.1, -0.05) is 0 Å². The summed E-state index contributed by atoms with van der Waals surface area (Å²) in [5.41, 5.74) is 0. The van der Waals surface area contributed by atoms with Crippen LogP contribution in [0.15, 0.2) is 6.07 Å². The van der Waals surface area contributed by atoms with Crippen molar-refractivity contribution in [2.45, 2.75) is 12.5 Å². The summed E-state index contributed by atoms with van der Waals surface area (Å²) in [4.78, 5) is 11.5. The number of amides is 1. The zero-order chi connectivity index (χ0) is 16.5. The van der Waals surface area contributed by atoms with Gasteiger partial charge in [0, 0.05) is 12.1 Å². The van der Waals surface area contributed by atoms with Crippen molar-refractivity contribution in [1.82, 2.24) is 5.32 Å². The lowest BCUT2D eigenvalue weighted by atomic mass is 10.2. The van der Waals surface area contributed by atoms with E-state index in [0.717, 1.165) is 0 Å². The molecule has 122 valence electrons. The van der Waals surface area contributed by atoms with Gasteiger partial charge in [-0.2, -0.15) is 8.78 Å². The van der Waals surface area contributed by atoms with Crippen LogP contribution in [0.5, 0.6) is 5.75 Å². The summed E-state index contributed by atoms with van der Waals surface area (Å²) >= 11 is 0. The molecule has 0 radical (unpaired) electrons. The highest BCUT2D eigenvalue weighted by Crippen LogP contribution is 2.26. The van der Waals surface area contributed by atoms with Crippen LogP contribution < -0.4 is 10.1 Å². The minimum atomic E-state index is -3.21. The van der Waals surface area contributed by atoms with E-state index < -0.39 is 57.4 Å². The Balaban J connectivity index is 1.98. The molecule has 1 aromatic rings. The SMILES string of the molecule is O=C(COc1c(F)c(F)cc(F)c1F)N[C@@H]1CCS(=O)(=O)C1. The number of hydrogen-bond acceptors (Lipinski definition) is 4. The van der Waals surface area contributed by atoms with E-state index in [0.29, 0.717) is 0 Å². The standard InChI is InChI=1S/C12H11F4NO4S/c13-7-3-8(14)11(16)12(10(7)15)21-4-9(18)17-6-1-2-22(19,20)5-6/h3,6H,1-2,4-5H2,(H,17,18)/t6-/m1/s1. The van der Waals surface area contributed by atoms with Gasteiger partial charge in [-0.3, -0.25) is 4.79 Å². The van der Waals surface area contributed by atoms with E-state index in [1.807, 2.05) is 0 Å². The minimum Gasteiger partial charge on any atom is -0.477 e. The molecule has 0 aromatic heterocycles. The molecule has 1 amide bonds. The molecule has 0 aliphatic carbocycles. The van der Waals surface area contributed by atoms with E-state index in [9.17, 15) is 30.8 Å². The van der Waals surface area contributed by atoms with E-state index in [1.165, 1.54) is 0 Å². The van der Waals surface area contributed by atoms with Gasteiger partial charge in [0.15, 0.2) is 33.8 Å². The van der Waals surface area contributed by atoms with Crippen molar-refractivity contribution in [1.29, 1.82) is 0 Å². The quantitative estimate of drug-likeness (QED) is 0.653. The Morgan fingerprint density at radius 1 is 1.23 bits per heavy atom. The van der Waals surface area contributed by atoms with Crippen molar-refractivity contribution in [2.75, 3.05) is 18.1 Å². The Labute approximate surface area is 123 Å². The number of carbonyl (C=O) groups excluding carboxylic acids is 1. The maximum absolute atomic E-state index is 13.3. The fourth-order valence-corrected chi connectivity index (χ4v) is 3.67. The van der Waals surface area contributed by atoms with Crippen LogP contribution in [0.1, 0.15) is 6.42 Å². The number of sulfone groups is 1. The molecule has 1 saturated heterocycles. The lowest BCUT2D eigenvalue weighted by molar-refractivity contribution is -0.123. The van der Waals surface area contributed by atoms with Gasteiger partial charge in [0.2, 0.25) is 11.6 Å². The van der Waals surface area contributed by atoms with E-state index in [2.05, 4.69) is 10.1 Å². The van der Waals surface area contributed by atoms with Crippen LogP contribution in [0.2, 0.25) is 0 Å². The maximum Gasteiger partial charge on any atom is 0.258 e. The highest BCUT2D eigenvalue weighted by molar-refractivity contribution is 7.91. The fraction of sp³-hybridized carbons (Fsp3) is 0.417. The maximum atomic E-state index is 13.3. The summed E-state index contributed by atoms with van der Waals surface area (Å²) in [7, 11) is -3.21. The summed E-state index contributed by atoms with van der Waals surface area (Å²) in [6, 6.07) is -0.610.